The van der Waals surface area contributed by atoms with Crippen molar-refractivity contribution in [1.29, 1.82) is 0 Å². The molecule has 3 aromatic rings. The number of carbonyl (C=O) groups is 3. The quantitative estimate of drug-likeness (QED) is 0.163. The fraction of sp³-hybridized carbons (Fsp3) is 0.414. The monoisotopic (exact) mass is 618 g/mol. The number of aliphatic hydroxyl groups excluding tert-OH is 1. The summed E-state index contributed by atoms with van der Waals surface area (Å²) in [6.07, 6.45) is -2.67. The molecule has 0 bridgehead atoms. The number of Topliss-reactive ketones (excluding diaryl/α,β-unsaturated/α-hetero) is 1. The number of aryl methyl sites for hydroxylation is 1. The first-order valence-electron chi connectivity index (χ1n) is 13.3. The van der Waals surface area contributed by atoms with Crippen LogP contribution in [0.1, 0.15) is 30.3 Å². The Morgan fingerprint density at radius 1 is 1.14 bits per heavy atom. The number of rotatable bonds is 17. The number of amides is 1. The number of carboxylic acids is 1. The van der Waals surface area contributed by atoms with Crippen LogP contribution in [0.3, 0.4) is 0 Å². The molecule has 12 nitrogen and oxygen atoms in total. The van der Waals surface area contributed by atoms with Gasteiger partial charge in [-0.1, -0.05) is 17.3 Å². The minimum absolute atomic E-state index is 0.00184. The van der Waals surface area contributed by atoms with E-state index in [1.54, 1.807) is 44.2 Å². The van der Waals surface area contributed by atoms with Crippen LogP contribution in [-0.2, 0) is 31.3 Å². The number of ketones is 1. The van der Waals surface area contributed by atoms with Gasteiger partial charge in [0.15, 0.2) is 11.6 Å². The highest BCUT2D eigenvalue weighted by Gasteiger charge is 2.32. The Labute approximate surface area is 252 Å². The molecule has 4 unspecified atom stereocenters. The zero-order valence-corrected chi connectivity index (χ0v) is 25.0. The third-order valence-corrected chi connectivity index (χ3v) is 7.50. The van der Waals surface area contributed by atoms with Crippen LogP contribution in [0.15, 0.2) is 47.0 Å². The van der Waals surface area contributed by atoms with E-state index in [0.717, 1.165) is 5.56 Å². The van der Waals surface area contributed by atoms with E-state index in [4.69, 9.17) is 14.0 Å². The fourth-order valence-corrected chi connectivity index (χ4v) is 5.09. The fourth-order valence-electron chi connectivity index (χ4n) is 4.15. The number of carboxylic acid groups (broad SMARTS) is 1. The summed E-state index contributed by atoms with van der Waals surface area (Å²) in [5, 5.41) is 29.4. The molecule has 1 amide bonds. The van der Waals surface area contributed by atoms with Crippen LogP contribution in [-0.4, -0.2) is 82.4 Å². The number of aromatic nitrogens is 2. The lowest BCUT2D eigenvalue weighted by Gasteiger charge is -2.28. The van der Waals surface area contributed by atoms with Crippen molar-refractivity contribution in [2.24, 2.45) is 0 Å². The normalized spacial score (nSPS) is 14.0. The van der Waals surface area contributed by atoms with Crippen LogP contribution >= 0.6 is 11.8 Å². The first kappa shape index (κ1) is 33.6. The van der Waals surface area contributed by atoms with Crippen LogP contribution in [0.25, 0.3) is 11.5 Å². The van der Waals surface area contributed by atoms with Gasteiger partial charge in [-0.15, -0.1) is 11.8 Å². The maximum absolute atomic E-state index is 13.3. The number of benzene rings is 2. The summed E-state index contributed by atoms with van der Waals surface area (Å²) in [7, 11) is 2.86. The molecular weight excluding hydrogens is 583 g/mol. The minimum Gasteiger partial charge on any atom is -0.496 e. The number of aliphatic hydroxyl groups is 1. The van der Waals surface area contributed by atoms with Gasteiger partial charge in [0.05, 0.1) is 31.4 Å². The highest BCUT2D eigenvalue weighted by Crippen LogP contribution is 2.27. The van der Waals surface area contributed by atoms with Gasteiger partial charge in [-0.25, -0.2) is 4.39 Å². The van der Waals surface area contributed by atoms with Crippen LogP contribution in [0.4, 0.5) is 4.39 Å². The standard InChI is InChI=1S/C29H35FN4O8S/c1-16(40-3)27(33-25(36)12-20-11-19(7-10-24(20)41-4)29-31-17(2)34-42-29)28(39)32-22(13-26(37)38)23(35)15-43-14-18-5-8-21(30)9-6-18/h5-11,16,22,25,27,33,36H,12-15H2,1-4H3,(H,32,39)(H,37,38). The summed E-state index contributed by atoms with van der Waals surface area (Å²) in [6.45, 7) is 3.28. The summed E-state index contributed by atoms with van der Waals surface area (Å²) in [5.41, 5.74) is 1.98. The molecule has 3 rings (SSSR count). The van der Waals surface area contributed by atoms with Gasteiger partial charge in [-0.3, -0.25) is 19.7 Å². The van der Waals surface area contributed by atoms with Crippen molar-refractivity contribution >= 4 is 29.4 Å². The van der Waals surface area contributed by atoms with Crippen molar-refractivity contribution in [3.05, 3.63) is 65.2 Å². The van der Waals surface area contributed by atoms with Crippen LogP contribution in [0.2, 0.25) is 0 Å². The second kappa shape index (κ2) is 16.1. The zero-order valence-electron chi connectivity index (χ0n) is 24.2. The molecule has 1 heterocycles. The lowest BCUT2D eigenvalue weighted by molar-refractivity contribution is -0.140. The van der Waals surface area contributed by atoms with Crippen molar-refractivity contribution in [2.75, 3.05) is 20.0 Å². The number of thioether (sulfide) groups is 1. The molecule has 0 saturated carbocycles. The van der Waals surface area contributed by atoms with Crippen molar-refractivity contribution in [2.45, 2.75) is 56.9 Å². The van der Waals surface area contributed by atoms with Gasteiger partial charge in [0.1, 0.15) is 23.8 Å². The number of hydrogen-bond donors (Lipinski definition) is 4. The molecule has 1 aromatic heterocycles. The summed E-state index contributed by atoms with van der Waals surface area (Å²) in [4.78, 5) is 41.9. The Balaban J connectivity index is 1.68. The van der Waals surface area contributed by atoms with Crippen LogP contribution < -0.4 is 15.4 Å². The van der Waals surface area contributed by atoms with E-state index >= 15 is 0 Å². The Hall–Kier alpha value is -3.85. The van der Waals surface area contributed by atoms with E-state index in [1.807, 2.05) is 0 Å². The molecule has 0 fully saturated rings. The molecular formula is C29H35FN4O8S. The number of hydrogen-bond acceptors (Lipinski definition) is 11. The van der Waals surface area contributed by atoms with Crippen molar-refractivity contribution in [1.82, 2.24) is 20.8 Å². The van der Waals surface area contributed by atoms with E-state index in [1.165, 1.54) is 38.1 Å². The largest absolute Gasteiger partial charge is 0.496 e. The van der Waals surface area contributed by atoms with Gasteiger partial charge in [-0.2, -0.15) is 4.98 Å². The van der Waals surface area contributed by atoms with Gasteiger partial charge in [-0.05, 0) is 55.3 Å². The lowest BCUT2D eigenvalue weighted by Crippen LogP contribution is -2.57. The molecule has 14 heteroatoms. The first-order chi connectivity index (χ1) is 20.5. The van der Waals surface area contributed by atoms with Gasteiger partial charge in [0.2, 0.25) is 5.91 Å². The predicted molar refractivity (Wildman–Crippen MR) is 156 cm³/mol. The van der Waals surface area contributed by atoms with Crippen molar-refractivity contribution in [3.8, 4) is 17.2 Å². The number of carbonyl (C=O) groups excluding carboxylic acids is 2. The number of methoxy groups -OCH3 is 2. The molecule has 0 aliphatic carbocycles. The molecule has 0 spiro atoms. The van der Waals surface area contributed by atoms with Gasteiger partial charge in [0.25, 0.3) is 5.89 Å². The Kier molecular flexibility index (Phi) is 12.6. The van der Waals surface area contributed by atoms with Gasteiger partial charge >= 0.3 is 5.97 Å². The van der Waals surface area contributed by atoms with Gasteiger partial charge < -0.3 is 29.5 Å². The summed E-state index contributed by atoms with van der Waals surface area (Å²) in [5.74, 6) is -1.31. The number of halogens is 1. The molecule has 0 saturated heterocycles. The average molecular weight is 619 g/mol. The zero-order chi connectivity index (χ0) is 31.5. The Morgan fingerprint density at radius 3 is 2.47 bits per heavy atom. The Morgan fingerprint density at radius 2 is 1.86 bits per heavy atom. The van der Waals surface area contributed by atoms with E-state index in [-0.39, 0.29) is 18.0 Å². The Bertz CT molecular complexity index is 1390. The van der Waals surface area contributed by atoms with Crippen LogP contribution in [0, 0.1) is 12.7 Å². The number of ether oxygens (including phenoxy) is 2. The lowest BCUT2D eigenvalue weighted by atomic mass is 10.0. The molecule has 43 heavy (non-hydrogen) atoms. The van der Waals surface area contributed by atoms with Gasteiger partial charge in [0, 0.05) is 24.8 Å². The average Bonchev–Trinajstić information content (AvgIpc) is 3.41. The number of nitrogens with zero attached hydrogens (tertiary/aromatic N) is 2. The molecule has 4 atom stereocenters. The maximum Gasteiger partial charge on any atom is 0.305 e. The number of nitrogens with one attached hydrogen (secondary N) is 2. The molecule has 2 aromatic carbocycles. The first-order valence-corrected chi connectivity index (χ1v) is 14.5. The predicted octanol–water partition coefficient (Wildman–Crippen LogP) is 2.51. The summed E-state index contributed by atoms with van der Waals surface area (Å²) >= 11 is 1.21. The van der Waals surface area contributed by atoms with E-state index in [2.05, 4.69) is 20.8 Å². The van der Waals surface area contributed by atoms with Crippen molar-refractivity contribution < 1.29 is 43.0 Å². The smallest absolute Gasteiger partial charge is 0.305 e. The SMILES string of the molecule is COc1ccc(-c2nc(C)no2)cc1CC(O)NC(C(=O)NC(CC(=O)O)C(=O)CSCc1ccc(F)cc1)C(C)OC. The highest BCUT2D eigenvalue weighted by molar-refractivity contribution is 7.99. The second-order valence-corrected chi connectivity index (χ2v) is 10.7. The van der Waals surface area contributed by atoms with Crippen LogP contribution in [0.5, 0.6) is 5.75 Å². The molecule has 232 valence electrons. The third kappa shape index (κ3) is 10.1. The minimum atomic E-state index is -1.31. The van der Waals surface area contributed by atoms with E-state index in [0.29, 0.717) is 34.3 Å². The topological polar surface area (TPSA) is 173 Å². The molecule has 0 radical (unpaired) electrons. The number of aliphatic carboxylic acids is 1. The molecule has 0 aliphatic heterocycles. The second-order valence-electron chi connectivity index (χ2n) is 9.72. The summed E-state index contributed by atoms with van der Waals surface area (Å²) < 4.78 is 29.1. The highest BCUT2D eigenvalue weighted by atomic mass is 32.2. The van der Waals surface area contributed by atoms with E-state index in [9.17, 15) is 29.0 Å². The molecule has 0 aliphatic rings. The summed E-state index contributed by atoms with van der Waals surface area (Å²) in [6, 6.07) is 8.48. The third-order valence-electron chi connectivity index (χ3n) is 6.47. The molecule has 4 N–H and O–H groups in total. The van der Waals surface area contributed by atoms with E-state index < -0.39 is 48.5 Å². The van der Waals surface area contributed by atoms with Crippen molar-refractivity contribution in [3.63, 3.8) is 0 Å². The maximum atomic E-state index is 13.3.